The van der Waals surface area contributed by atoms with Gasteiger partial charge in [-0.1, -0.05) is 11.2 Å². The number of hydrogen-bond donors (Lipinski definition) is 0. The summed E-state index contributed by atoms with van der Waals surface area (Å²) in [5.74, 6) is 3.90. The standard InChI is InChI=1S/C12H8N2O2/c1-2-3-8-4-5-9-10-11(8)15-7-6-13-12(10)14-16-9/h1,4-6H,3,7H2. The van der Waals surface area contributed by atoms with E-state index in [2.05, 4.69) is 16.1 Å². The van der Waals surface area contributed by atoms with Crippen molar-refractivity contribution < 1.29 is 9.26 Å². The summed E-state index contributed by atoms with van der Waals surface area (Å²) in [5.41, 5.74) is 1.63. The van der Waals surface area contributed by atoms with E-state index in [1.54, 1.807) is 6.21 Å². The molecule has 78 valence electrons. The quantitative estimate of drug-likeness (QED) is 0.680. The average Bonchev–Trinajstić information content (AvgIpc) is 2.57. The van der Waals surface area contributed by atoms with E-state index in [1.807, 2.05) is 12.1 Å². The Morgan fingerprint density at radius 2 is 2.38 bits per heavy atom. The van der Waals surface area contributed by atoms with E-state index in [4.69, 9.17) is 15.7 Å². The number of ether oxygens (including phenoxy) is 1. The molecule has 0 radical (unpaired) electrons. The summed E-state index contributed by atoms with van der Waals surface area (Å²) in [6, 6.07) is 3.74. The monoisotopic (exact) mass is 212 g/mol. The normalized spacial score (nSPS) is 13.2. The zero-order valence-electron chi connectivity index (χ0n) is 8.43. The van der Waals surface area contributed by atoms with Gasteiger partial charge in [-0.05, 0) is 6.07 Å². The van der Waals surface area contributed by atoms with Crippen molar-refractivity contribution in [2.24, 2.45) is 4.99 Å². The maximum Gasteiger partial charge on any atom is 0.206 e. The molecule has 0 unspecified atom stereocenters. The second kappa shape index (κ2) is 3.38. The zero-order chi connectivity index (χ0) is 11.0. The summed E-state index contributed by atoms with van der Waals surface area (Å²) in [6.45, 7) is 0.424. The van der Waals surface area contributed by atoms with E-state index in [0.29, 0.717) is 24.4 Å². The molecule has 0 aliphatic carbocycles. The molecule has 0 saturated carbocycles. The van der Waals surface area contributed by atoms with Gasteiger partial charge in [0.25, 0.3) is 0 Å². The highest BCUT2D eigenvalue weighted by atomic mass is 16.5. The Bertz CT molecular complexity index is 620. The third-order valence-electron chi connectivity index (χ3n) is 2.46. The van der Waals surface area contributed by atoms with Crippen LogP contribution in [0.2, 0.25) is 0 Å². The third-order valence-corrected chi connectivity index (χ3v) is 2.46. The van der Waals surface area contributed by atoms with E-state index in [-0.39, 0.29) is 0 Å². The molecule has 4 heteroatoms. The van der Waals surface area contributed by atoms with E-state index in [9.17, 15) is 0 Å². The number of nitrogens with zero attached hydrogens (tertiary/aromatic N) is 2. The molecule has 1 aliphatic heterocycles. The van der Waals surface area contributed by atoms with E-state index >= 15 is 0 Å². The molecule has 0 bridgehead atoms. The van der Waals surface area contributed by atoms with Crippen molar-refractivity contribution in [1.82, 2.24) is 5.16 Å². The Kier molecular flexibility index (Phi) is 1.90. The van der Waals surface area contributed by atoms with Crippen molar-refractivity contribution in [1.29, 1.82) is 0 Å². The van der Waals surface area contributed by atoms with Crippen molar-refractivity contribution in [2.45, 2.75) is 6.42 Å². The maximum absolute atomic E-state index is 5.62. The Morgan fingerprint density at radius 3 is 3.25 bits per heavy atom. The molecule has 3 rings (SSSR count). The van der Waals surface area contributed by atoms with Crippen LogP contribution in [0.15, 0.2) is 21.6 Å². The summed E-state index contributed by atoms with van der Waals surface area (Å²) in [6.07, 6.45) is 7.51. The van der Waals surface area contributed by atoms with E-state index in [0.717, 1.165) is 16.7 Å². The fraction of sp³-hybridized carbons (Fsp3) is 0.167. The SMILES string of the molecule is C#CCc1ccc2onc3c2c1OCC=N3. The molecular formula is C12H8N2O2. The molecule has 2 heterocycles. The lowest BCUT2D eigenvalue weighted by molar-refractivity contribution is 0.382. The average molecular weight is 212 g/mol. The topological polar surface area (TPSA) is 47.6 Å². The first-order chi connectivity index (χ1) is 7.90. The molecule has 0 amide bonds. The van der Waals surface area contributed by atoms with Crippen LogP contribution in [-0.4, -0.2) is 18.0 Å². The molecule has 0 fully saturated rings. The third kappa shape index (κ3) is 1.18. The van der Waals surface area contributed by atoms with Crippen LogP contribution in [0.3, 0.4) is 0 Å². The van der Waals surface area contributed by atoms with Crippen molar-refractivity contribution >= 4 is 23.0 Å². The number of aromatic nitrogens is 1. The molecule has 1 aromatic heterocycles. The molecule has 0 saturated heterocycles. The highest BCUT2D eigenvalue weighted by Gasteiger charge is 2.18. The summed E-state index contributed by atoms with van der Waals surface area (Å²) < 4.78 is 10.8. The lowest BCUT2D eigenvalue weighted by atomic mass is 10.1. The number of benzene rings is 1. The predicted molar refractivity (Wildman–Crippen MR) is 60.2 cm³/mol. The van der Waals surface area contributed by atoms with Crippen molar-refractivity contribution in [3.63, 3.8) is 0 Å². The first-order valence-corrected chi connectivity index (χ1v) is 4.90. The predicted octanol–water partition coefficient (Wildman–Crippen LogP) is 2.10. The summed E-state index contributed by atoms with van der Waals surface area (Å²) in [7, 11) is 0. The Morgan fingerprint density at radius 1 is 1.44 bits per heavy atom. The van der Waals surface area contributed by atoms with Crippen molar-refractivity contribution in [3.8, 4) is 18.1 Å². The minimum absolute atomic E-state index is 0.424. The van der Waals surface area contributed by atoms with Crippen LogP contribution in [-0.2, 0) is 6.42 Å². The smallest absolute Gasteiger partial charge is 0.206 e. The van der Waals surface area contributed by atoms with Crippen LogP contribution in [0.4, 0.5) is 5.82 Å². The first-order valence-electron chi connectivity index (χ1n) is 4.90. The Balaban J connectivity index is 2.35. The van der Waals surface area contributed by atoms with Crippen LogP contribution in [0.5, 0.6) is 5.75 Å². The molecule has 0 spiro atoms. The van der Waals surface area contributed by atoms with Gasteiger partial charge in [-0.25, -0.2) is 4.99 Å². The fourth-order valence-electron chi connectivity index (χ4n) is 1.78. The number of aliphatic imine (C=N–C) groups is 1. The van der Waals surface area contributed by atoms with Gasteiger partial charge < -0.3 is 9.26 Å². The van der Waals surface area contributed by atoms with Crippen molar-refractivity contribution in [2.75, 3.05) is 6.61 Å². The van der Waals surface area contributed by atoms with Crippen molar-refractivity contribution in [3.05, 3.63) is 17.7 Å². The summed E-state index contributed by atoms with van der Waals surface area (Å²) >= 11 is 0. The summed E-state index contributed by atoms with van der Waals surface area (Å²) in [4.78, 5) is 4.16. The second-order valence-corrected chi connectivity index (χ2v) is 3.44. The highest BCUT2D eigenvalue weighted by molar-refractivity contribution is 5.95. The van der Waals surface area contributed by atoms with E-state index < -0.39 is 0 Å². The van der Waals surface area contributed by atoms with Gasteiger partial charge in [0.1, 0.15) is 17.7 Å². The first kappa shape index (κ1) is 8.98. The Hall–Kier alpha value is -2.28. The van der Waals surface area contributed by atoms with Crippen LogP contribution in [0.25, 0.3) is 11.0 Å². The lowest BCUT2D eigenvalue weighted by Gasteiger charge is -2.07. The van der Waals surface area contributed by atoms with Gasteiger partial charge in [0.05, 0.1) is 0 Å². The zero-order valence-corrected chi connectivity index (χ0v) is 8.43. The maximum atomic E-state index is 5.62. The number of hydrogen-bond acceptors (Lipinski definition) is 4. The molecule has 0 atom stereocenters. The molecule has 2 aromatic rings. The van der Waals surface area contributed by atoms with E-state index in [1.165, 1.54) is 0 Å². The molecule has 1 aromatic carbocycles. The lowest BCUT2D eigenvalue weighted by Crippen LogP contribution is -1.99. The number of terminal acetylenes is 1. The van der Waals surface area contributed by atoms with Gasteiger partial charge >= 0.3 is 0 Å². The summed E-state index contributed by atoms with van der Waals surface area (Å²) in [5, 5.41) is 4.69. The second-order valence-electron chi connectivity index (χ2n) is 3.44. The van der Waals surface area contributed by atoms with Gasteiger partial charge in [-0.3, -0.25) is 0 Å². The van der Waals surface area contributed by atoms with Crippen LogP contribution in [0.1, 0.15) is 5.56 Å². The molecule has 1 aliphatic rings. The Labute approximate surface area is 91.9 Å². The molecular weight excluding hydrogens is 204 g/mol. The minimum Gasteiger partial charge on any atom is -0.487 e. The minimum atomic E-state index is 0.424. The van der Waals surface area contributed by atoms with Crippen LogP contribution in [0, 0.1) is 12.3 Å². The van der Waals surface area contributed by atoms with Gasteiger partial charge in [-0.15, -0.1) is 12.3 Å². The molecule has 0 N–H and O–H groups in total. The fourth-order valence-corrected chi connectivity index (χ4v) is 1.78. The van der Waals surface area contributed by atoms with Gasteiger partial charge in [0.15, 0.2) is 5.58 Å². The van der Waals surface area contributed by atoms with Gasteiger partial charge in [0.2, 0.25) is 5.82 Å². The van der Waals surface area contributed by atoms with Crippen LogP contribution < -0.4 is 4.74 Å². The number of rotatable bonds is 1. The van der Waals surface area contributed by atoms with Crippen LogP contribution >= 0.6 is 0 Å². The molecule has 16 heavy (non-hydrogen) atoms. The molecule has 4 nitrogen and oxygen atoms in total. The van der Waals surface area contributed by atoms with Gasteiger partial charge in [0, 0.05) is 18.2 Å². The van der Waals surface area contributed by atoms with Gasteiger partial charge in [-0.2, -0.15) is 0 Å². The highest BCUT2D eigenvalue weighted by Crippen LogP contribution is 2.37. The largest absolute Gasteiger partial charge is 0.487 e.